The third-order valence-corrected chi connectivity index (χ3v) is 5.81. The van der Waals surface area contributed by atoms with Crippen molar-refractivity contribution >= 4 is 28.2 Å². The number of amides is 2. The molecule has 0 bridgehead atoms. The minimum absolute atomic E-state index is 0.137. The van der Waals surface area contributed by atoms with Crippen LogP contribution in [0, 0.1) is 6.92 Å². The van der Waals surface area contributed by atoms with Gasteiger partial charge in [0, 0.05) is 24.1 Å². The fourth-order valence-corrected chi connectivity index (χ4v) is 4.53. The van der Waals surface area contributed by atoms with Crippen LogP contribution in [0.25, 0.3) is 0 Å². The van der Waals surface area contributed by atoms with Crippen molar-refractivity contribution in [2.75, 3.05) is 25.6 Å². The minimum atomic E-state index is -0.173. The number of carbonyl (C=O) groups excluding carboxylic acids is 2. The van der Waals surface area contributed by atoms with Gasteiger partial charge in [-0.1, -0.05) is 18.2 Å². The number of aryl methyl sites for hydroxylation is 2. The van der Waals surface area contributed by atoms with E-state index in [1.165, 1.54) is 16.2 Å². The first-order chi connectivity index (χ1) is 12.6. The fourth-order valence-electron chi connectivity index (χ4n) is 3.25. The SMILES string of the molecule is COCCNC(=O)c1c(NC(=O)c2ccccc2C)sc2c1CCCC2. The van der Waals surface area contributed by atoms with Crippen LogP contribution in [-0.2, 0) is 17.6 Å². The van der Waals surface area contributed by atoms with Crippen molar-refractivity contribution in [3.63, 3.8) is 0 Å². The van der Waals surface area contributed by atoms with E-state index in [0.717, 1.165) is 36.8 Å². The van der Waals surface area contributed by atoms with Gasteiger partial charge >= 0.3 is 0 Å². The summed E-state index contributed by atoms with van der Waals surface area (Å²) in [4.78, 5) is 26.7. The summed E-state index contributed by atoms with van der Waals surface area (Å²) in [5.74, 6) is -0.311. The van der Waals surface area contributed by atoms with Crippen LogP contribution in [0.5, 0.6) is 0 Å². The maximum Gasteiger partial charge on any atom is 0.256 e. The van der Waals surface area contributed by atoms with Crippen LogP contribution < -0.4 is 10.6 Å². The minimum Gasteiger partial charge on any atom is -0.383 e. The van der Waals surface area contributed by atoms with Gasteiger partial charge in [-0.3, -0.25) is 9.59 Å². The van der Waals surface area contributed by atoms with Crippen LogP contribution in [0.15, 0.2) is 24.3 Å². The number of hydrogen-bond acceptors (Lipinski definition) is 4. The summed E-state index contributed by atoms with van der Waals surface area (Å²) < 4.78 is 5.01. The summed E-state index contributed by atoms with van der Waals surface area (Å²) in [6.07, 6.45) is 4.06. The number of thiophene rings is 1. The molecule has 3 rings (SSSR count). The number of ether oxygens (including phenoxy) is 1. The molecule has 1 aliphatic carbocycles. The Morgan fingerprint density at radius 1 is 1.15 bits per heavy atom. The first-order valence-corrected chi connectivity index (χ1v) is 9.72. The number of hydrogen-bond donors (Lipinski definition) is 2. The summed E-state index contributed by atoms with van der Waals surface area (Å²) in [5.41, 5.74) is 3.26. The molecule has 0 unspecified atom stereocenters. The van der Waals surface area contributed by atoms with E-state index < -0.39 is 0 Å². The van der Waals surface area contributed by atoms with Gasteiger partial charge in [0.25, 0.3) is 11.8 Å². The number of benzene rings is 1. The number of rotatable bonds is 6. The molecule has 0 fully saturated rings. The Labute approximate surface area is 157 Å². The van der Waals surface area contributed by atoms with E-state index in [0.29, 0.717) is 29.3 Å². The molecule has 0 spiro atoms. The lowest BCUT2D eigenvalue weighted by molar-refractivity contribution is 0.0937. The molecule has 1 aromatic carbocycles. The van der Waals surface area contributed by atoms with Gasteiger partial charge in [-0.25, -0.2) is 0 Å². The first-order valence-electron chi connectivity index (χ1n) is 8.90. The normalized spacial score (nSPS) is 13.2. The molecule has 0 saturated carbocycles. The molecule has 1 aromatic heterocycles. The Morgan fingerprint density at radius 3 is 2.69 bits per heavy atom. The van der Waals surface area contributed by atoms with Crippen molar-refractivity contribution in [3.05, 3.63) is 51.4 Å². The molecular formula is C20H24N2O3S. The molecule has 1 aliphatic rings. The summed E-state index contributed by atoms with van der Waals surface area (Å²) in [5, 5.41) is 6.53. The van der Waals surface area contributed by atoms with E-state index in [4.69, 9.17) is 4.74 Å². The topological polar surface area (TPSA) is 67.4 Å². The van der Waals surface area contributed by atoms with Crippen molar-refractivity contribution < 1.29 is 14.3 Å². The second-order valence-corrected chi connectivity index (χ2v) is 7.54. The van der Waals surface area contributed by atoms with Crippen LogP contribution in [0.2, 0.25) is 0 Å². The van der Waals surface area contributed by atoms with Crippen molar-refractivity contribution in [2.45, 2.75) is 32.6 Å². The highest BCUT2D eigenvalue weighted by Gasteiger charge is 2.26. The smallest absolute Gasteiger partial charge is 0.256 e. The molecule has 2 aromatic rings. The summed E-state index contributed by atoms with van der Waals surface area (Å²) in [6, 6.07) is 7.47. The lowest BCUT2D eigenvalue weighted by Crippen LogP contribution is -2.28. The lowest BCUT2D eigenvalue weighted by atomic mass is 9.95. The Kier molecular flexibility index (Phi) is 6.06. The molecule has 1 heterocycles. The summed E-state index contributed by atoms with van der Waals surface area (Å²) in [7, 11) is 1.60. The van der Waals surface area contributed by atoms with E-state index in [1.807, 2.05) is 25.1 Å². The molecular weight excluding hydrogens is 348 g/mol. The zero-order valence-corrected chi connectivity index (χ0v) is 16.0. The number of carbonyl (C=O) groups is 2. The molecule has 0 atom stereocenters. The largest absolute Gasteiger partial charge is 0.383 e. The monoisotopic (exact) mass is 372 g/mol. The van der Waals surface area contributed by atoms with E-state index in [9.17, 15) is 9.59 Å². The maximum absolute atomic E-state index is 12.7. The van der Waals surface area contributed by atoms with E-state index >= 15 is 0 Å². The van der Waals surface area contributed by atoms with Gasteiger partial charge < -0.3 is 15.4 Å². The van der Waals surface area contributed by atoms with Crippen molar-refractivity contribution in [1.82, 2.24) is 5.32 Å². The second-order valence-electron chi connectivity index (χ2n) is 6.43. The van der Waals surface area contributed by atoms with Crippen LogP contribution in [0.4, 0.5) is 5.00 Å². The van der Waals surface area contributed by atoms with Crippen molar-refractivity contribution in [3.8, 4) is 0 Å². The third kappa shape index (κ3) is 3.97. The molecule has 6 heteroatoms. The molecule has 0 radical (unpaired) electrons. The van der Waals surface area contributed by atoms with Gasteiger partial charge in [0.15, 0.2) is 0 Å². The zero-order chi connectivity index (χ0) is 18.5. The van der Waals surface area contributed by atoms with Crippen LogP contribution in [0.3, 0.4) is 0 Å². The summed E-state index contributed by atoms with van der Waals surface area (Å²) >= 11 is 1.53. The summed E-state index contributed by atoms with van der Waals surface area (Å²) in [6.45, 7) is 2.82. The van der Waals surface area contributed by atoms with Crippen molar-refractivity contribution in [2.24, 2.45) is 0 Å². The van der Waals surface area contributed by atoms with Gasteiger partial charge in [0.2, 0.25) is 0 Å². The van der Waals surface area contributed by atoms with Crippen molar-refractivity contribution in [1.29, 1.82) is 0 Å². The van der Waals surface area contributed by atoms with Gasteiger partial charge in [0.1, 0.15) is 5.00 Å². The number of anilines is 1. The van der Waals surface area contributed by atoms with Gasteiger partial charge in [-0.2, -0.15) is 0 Å². The van der Waals surface area contributed by atoms with E-state index in [1.54, 1.807) is 13.2 Å². The number of nitrogens with one attached hydrogen (secondary N) is 2. The Hall–Kier alpha value is -2.18. The highest BCUT2D eigenvalue weighted by atomic mass is 32.1. The van der Waals surface area contributed by atoms with E-state index in [2.05, 4.69) is 10.6 Å². The predicted molar refractivity (Wildman–Crippen MR) is 104 cm³/mol. The van der Waals surface area contributed by atoms with Crippen LogP contribution >= 0.6 is 11.3 Å². The first kappa shape index (κ1) is 18.6. The predicted octanol–water partition coefficient (Wildman–Crippen LogP) is 3.56. The molecule has 2 amide bonds. The highest BCUT2D eigenvalue weighted by molar-refractivity contribution is 7.17. The molecule has 2 N–H and O–H groups in total. The molecule has 5 nitrogen and oxygen atoms in total. The molecule has 138 valence electrons. The molecule has 0 aliphatic heterocycles. The standard InChI is InChI=1S/C20H24N2O3S/c1-13-7-3-4-8-14(13)18(23)22-20-17(19(24)21-11-12-25-2)15-9-5-6-10-16(15)26-20/h3-4,7-8H,5-6,9-12H2,1-2H3,(H,21,24)(H,22,23). The van der Waals surface area contributed by atoms with Crippen LogP contribution in [0.1, 0.15) is 49.6 Å². The third-order valence-electron chi connectivity index (χ3n) is 4.61. The highest BCUT2D eigenvalue weighted by Crippen LogP contribution is 2.38. The lowest BCUT2D eigenvalue weighted by Gasteiger charge is -2.13. The Balaban J connectivity index is 1.88. The van der Waals surface area contributed by atoms with Gasteiger partial charge in [-0.15, -0.1) is 11.3 Å². The van der Waals surface area contributed by atoms with E-state index in [-0.39, 0.29) is 11.8 Å². The molecule has 26 heavy (non-hydrogen) atoms. The maximum atomic E-state index is 12.7. The zero-order valence-electron chi connectivity index (χ0n) is 15.2. The number of fused-ring (bicyclic) bond motifs is 1. The quantitative estimate of drug-likeness (QED) is 0.762. The van der Waals surface area contributed by atoms with Gasteiger partial charge in [0.05, 0.1) is 12.2 Å². The average Bonchev–Trinajstić information content (AvgIpc) is 3.00. The molecule has 0 saturated heterocycles. The average molecular weight is 372 g/mol. The Morgan fingerprint density at radius 2 is 1.92 bits per heavy atom. The van der Waals surface area contributed by atoms with Crippen LogP contribution in [-0.4, -0.2) is 32.1 Å². The fraction of sp³-hybridized carbons (Fsp3) is 0.400. The number of methoxy groups -OCH3 is 1. The second kappa shape index (κ2) is 8.47. The Bertz CT molecular complexity index is 813. The van der Waals surface area contributed by atoms with Gasteiger partial charge in [-0.05, 0) is 49.8 Å².